The molecule has 2 unspecified atom stereocenters. The van der Waals surface area contributed by atoms with E-state index < -0.39 is 0 Å². The quantitative estimate of drug-likeness (QED) is 0.537. The summed E-state index contributed by atoms with van der Waals surface area (Å²) in [6, 6.07) is 0. The summed E-state index contributed by atoms with van der Waals surface area (Å²) in [4.78, 5) is 0. The van der Waals surface area contributed by atoms with Crippen molar-refractivity contribution in [2.45, 2.75) is 19.4 Å². The maximum absolute atomic E-state index is 8.97. The molecule has 1 rings (SSSR count). The van der Waals surface area contributed by atoms with Crippen LogP contribution in [0, 0.1) is 5.92 Å². The zero-order valence-electron chi connectivity index (χ0n) is 5.13. The molecule has 2 atom stereocenters. The normalized spacial score (nSPS) is 33.0. The van der Waals surface area contributed by atoms with E-state index in [0.717, 1.165) is 19.6 Å². The average molecular weight is 116 g/mol. The van der Waals surface area contributed by atoms with E-state index in [2.05, 4.69) is 0 Å². The highest BCUT2D eigenvalue weighted by molar-refractivity contribution is 4.68. The maximum Gasteiger partial charge on any atom is 0.0563 e. The number of hydrogen-bond donors (Lipinski definition) is 1. The van der Waals surface area contributed by atoms with Crippen molar-refractivity contribution in [1.29, 1.82) is 0 Å². The van der Waals surface area contributed by atoms with Crippen molar-refractivity contribution in [3.05, 3.63) is 0 Å². The SMILES string of the molecule is CC(O)C1CCOC1. The average Bonchev–Trinajstić information content (AvgIpc) is 2.12. The third kappa shape index (κ3) is 1.20. The summed E-state index contributed by atoms with van der Waals surface area (Å²) < 4.78 is 5.06. The Kier molecular flexibility index (Phi) is 1.86. The van der Waals surface area contributed by atoms with Gasteiger partial charge in [0.15, 0.2) is 0 Å². The van der Waals surface area contributed by atoms with E-state index in [1.54, 1.807) is 0 Å². The Morgan fingerprint density at radius 2 is 2.50 bits per heavy atom. The van der Waals surface area contributed by atoms with Crippen molar-refractivity contribution in [1.82, 2.24) is 0 Å². The van der Waals surface area contributed by atoms with Crippen molar-refractivity contribution in [3.8, 4) is 0 Å². The van der Waals surface area contributed by atoms with Gasteiger partial charge in [0.1, 0.15) is 0 Å². The fraction of sp³-hybridized carbons (Fsp3) is 1.00. The minimum absolute atomic E-state index is 0.183. The van der Waals surface area contributed by atoms with E-state index in [1.807, 2.05) is 6.92 Å². The fourth-order valence-corrected chi connectivity index (χ4v) is 0.933. The lowest BCUT2D eigenvalue weighted by Crippen LogP contribution is -2.15. The van der Waals surface area contributed by atoms with Crippen LogP contribution in [-0.2, 0) is 4.74 Å². The summed E-state index contributed by atoms with van der Waals surface area (Å²) in [6.45, 7) is 3.40. The van der Waals surface area contributed by atoms with Crippen molar-refractivity contribution >= 4 is 0 Å². The summed E-state index contributed by atoms with van der Waals surface area (Å²) in [6.07, 6.45) is 0.843. The first-order valence-electron chi connectivity index (χ1n) is 3.06. The Bertz CT molecular complexity index is 64.9. The highest BCUT2D eigenvalue weighted by atomic mass is 16.5. The molecule has 1 aliphatic heterocycles. The Labute approximate surface area is 49.5 Å². The molecule has 2 nitrogen and oxygen atoms in total. The lowest BCUT2D eigenvalue weighted by Gasteiger charge is -2.08. The molecule has 0 spiro atoms. The van der Waals surface area contributed by atoms with Crippen LogP contribution in [-0.4, -0.2) is 24.4 Å². The van der Waals surface area contributed by atoms with E-state index >= 15 is 0 Å². The summed E-state index contributed by atoms with van der Waals surface area (Å²) in [5, 5.41) is 8.97. The van der Waals surface area contributed by atoms with Crippen LogP contribution in [0.1, 0.15) is 13.3 Å². The van der Waals surface area contributed by atoms with E-state index in [9.17, 15) is 0 Å². The topological polar surface area (TPSA) is 29.5 Å². The van der Waals surface area contributed by atoms with E-state index in [0.29, 0.717) is 5.92 Å². The molecule has 0 saturated carbocycles. The zero-order chi connectivity index (χ0) is 5.98. The molecule has 0 aromatic heterocycles. The van der Waals surface area contributed by atoms with Crippen molar-refractivity contribution in [3.63, 3.8) is 0 Å². The number of rotatable bonds is 1. The van der Waals surface area contributed by atoms with Crippen LogP contribution in [0.5, 0.6) is 0 Å². The first kappa shape index (κ1) is 6.05. The van der Waals surface area contributed by atoms with E-state index in [1.165, 1.54) is 0 Å². The lowest BCUT2D eigenvalue weighted by atomic mass is 10.0. The molecule has 8 heavy (non-hydrogen) atoms. The van der Waals surface area contributed by atoms with Crippen molar-refractivity contribution in [2.75, 3.05) is 13.2 Å². The Balaban J connectivity index is 2.24. The molecule has 0 aromatic rings. The number of aliphatic hydroxyl groups is 1. The van der Waals surface area contributed by atoms with Gasteiger partial charge in [0.25, 0.3) is 0 Å². The summed E-state index contributed by atoms with van der Waals surface area (Å²) in [5.74, 6) is 0.398. The number of hydrogen-bond acceptors (Lipinski definition) is 2. The van der Waals surface area contributed by atoms with Crippen LogP contribution < -0.4 is 0 Å². The molecule has 48 valence electrons. The molecule has 0 amide bonds. The van der Waals surface area contributed by atoms with Gasteiger partial charge in [0.2, 0.25) is 0 Å². The van der Waals surface area contributed by atoms with Crippen LogP contribution in [0.2, 0.25) is 0 Å². The Morgan fingerprint density at radius 1 is 1.75 bits per heavy atom. The molecule has 0 aromatic carbocycles. The minimum Gasteiger partial charge on any atom is -0.393 e. The predicted octanol–water partition coefficient (Wildman–Crippen LogP) is 0.404. The van der Waals surface area contributed by atoms with Crippen molar-refractivity contribution in [2.24, 2.45) is 5.92 Å². The fourth-order valence-electron chi connectivity index (χ4n) is 0.933. The molecule has 1 aliphatic rings. The van der Waals surface area contributed by atoms with Crippen molar-refractivity contribution < 1.29 is 9.84 Å². The molecule has 1 heterocycles. The summed E-state index contributed by atoms with van der Waals surface area (Å²) in [5.41, 5.74) is 0. The second-order valence-electron chi connectivity index (χ2n) is 2.36. The van der Waals surface area contributed by atoms with Gasteiger partial charge in [-0.2, -0.15) is 0 Å². The standard InChI is InChI=1S/C6H12O2/c1-5(7)6-2-3-8-4-6/h5-7H,2-4H2,1H3. The third-order valence-corrected chi connectivity index (χ3v) is 1.65. The van der Waals surface area contributed by atoms with Gasteiger partial charge in [-0.3, -0.25) is 0 Å². The highest BCUT2D eigenvalue weighted by Gasteiger charge is 2.19. The second-order valence-corrected chi connectivity index (χ2v) is 2.36. The van der Waals surface area contributed by atoms with Gasteiger partial charge in [-0.1, -0.05) is 0 Å². The molecule has 2 heteroatoms. The highest BCUT2D eigenvalue weighted by Crippen LogP contribution is 2.15. The number of aliphatic hydroxyl groups excluding tert-OH is 1. The largest absolute Gasteiger partial charge is 0.393 e. The van der Waals surface area contributed by atoms with Crippen LogP contribution in [0.3, 0.4) is 0 Å². The maximum atomic E-state index is 8.97. The van der Waals surface area contributed by atoms with Gasteiger partial charge in [-0.15, -0.1) is 0 Å². The van der Waals surface area contributed by atoms with Crippen LogP contribution >= 0.6 is 0 Å². The van der Waals surface area contributed by atoms with Gasteiger partial charge in [0.05, 0.1) is 12.7 Å². The third-order valence-electron chi connectivity index (χ3n) is 1.65. The van der Waals surface area contributed by atoms with Gasteiger partial charge in [0, 0.05) is 12.5 Å². The molecule has 0 radical (unpaired) electrons. The van der Waals surface area contributed by atoms with E-state index in [-0.39, 0.29) is 6.10 Å². The van der Waals surface area contributed by atoms with Crippen LogP contribution in [0.4, 0.5) is 0 Å². The van der Waals surface area contributed by atoms with Gasteiger partial charge in [-0.25, -0.2) is 0 Å². The van der Waals surface area contributed by atoms with Crippen LogP contribution in [0.25, 0.3) is 0 Å². The zero-order valence-corrected chi connectivity index (χ0v) is 5.13. The van der Waals surface area contributed by atoms with Crippen LogP contribution in [0.15, 0.2) is 0 Å². The molecule has 1 fully saturated rings. The predicted molar refractivity (Wildman–Crippen MR) is 30.6 cm³/mol. The first-order chi connectivity index (χ1) is 3.80. The molecule has 0 aliphatic carbocycles. The van der Waals surface area contributed by atoms with Gasteiger partial charge < -0.3 is 9.84 Å². The molecular formula is C6H12O2. The minimum atomic E-state index is -0.183. The summed E-state index contributed by atoms with van der Waals surface area (Å²) >= 11 is 0. The van der Waals surface area contributed by atoms with E-state index in [4.69, 9.17) is 9.84 Å². The first-order valence-corrected chi connectivity index (χ1v) is 3.06. The molecular weight excluding hydrogens is 104 g/mol. The number of ether oxygens (including phenoxy) is 1. The Morgan fingerprint density at radius 3 is 2.75 bits per heavy atom. The van der Waals surface area contributed by atoms with Gasteiger partial charge >= 0.3 is 0 Å². The molecule has 1 saturated heterocycles. The monoisotopic (exact) mass is 116 g/mol. The van der Waals surface area contributed by atoms with Gasteiger partial charge in [-0.05, 0) is 13.3 Å². The smallest absolute Gasteiger partial charge is 0.0563 e. The second kappa shape index (κ2) is 2.46. The molecule has 1 N–H and O–H groups in total. The summed E-state index contributed by atoms with van der Waals surface area (Å²) in [7, 11) is 0. The lowest BCUT2D eigenvalue weighted by molar-refractivity contribution is 0.106. The Hall–Kier alpha value is -0.0800. The molecule has 0 bridgehead atoms.